The topological polar surface area (TPSA) is 45.0 Å². The molecule has 0 saturated heterocycles. The van der Waals surface area contributed by atoms with E-state index in [1.165, 1.54) is 0 Å². The van der Waals surface area contributed by atoms with Crippen molar-refractivity contribution in [2.24, 2.45) is 10.2 Å². The molecule has 0 amide bonds. The Bertz CT molecular complexity index is 364. The minimum Gasteiger partial charge on any atom is -0.389 e. The van der Waals surface area contributed by atoms with Crippen LogP contribution in [0.3, 0.4) is 0 Å². The second-order valence-corrected chi connectivity index (χ2v) is 3.62. The molecule has 0 bridgehead atoms. The quantitative estimate of drug-likeness (QED) is 0.687. The molecule has 3 nitrogen and oxygen atoms in total. The second kappa shape index (κ2) is 4.84. The van der Waals surface area contributed by atoms with Crippen LogP contribution >= 0.6 is 0 Å². The van der Waals surface area contributed by atoms with Crippen molar-refractivity contribution in [3.05, 3.63) is 48.2 Å². The molecule has 0 aliphatic heterocycles. The van der Waals surface area contributed by atoms with Crippen LogP contribution in [0.25, 0.3) is 0 Å². The summed E-state index contributed by atoms with van der Waals surface area (Å²) in [4.78, 5) is 0. The minimum absolute atomic E-state index is 0.163. The number of aliphatic hydroxyl groups is 1. The molecule has 78 valence electrons. The lowest BCUT2D eigenvalue weighted by Crippen LogP contribution is -2.04. The summed E-state index contributed by atoms with van der Waals surface area (Å²) in [5.41, 5.74) is 0.836. The van der Waals surface area contributed by atoms with E-state index in [0.29, 0.717) is 6.42 Å². The van der Waals surface area contributed by atoms with Gasteiger partial charge in [-0.3, -0.25) is 0 Å². The van der Waals surface area contributed by atoms with Crippen molar-refractivity contribution in [3.8, 4) is 0 Å². The molecule has 0 radical (unpaired) electrons. The van der Waals surface area contributed by atoms with Crippen LogP contribution in [-0.4, -0.2) is 17.3 Å². The maximum absolute atomic E-state index is 9.22. The summed E-state index contributed by atoms with van der Waals surface area (Å²) in [5.74, 6) is 0. The van der Waals surface area contributed by atoms with Crippen molar-refractivity contribution < 1.29 is 5.11 Å². The van der Waals surface area contributed by atoms with E-state index in [1.54, 1.807) is 12.2 Å². The number of rotatable bonds is 2. The first-order chi connectivity index (χ1) is 7.34. The van der Waals surface area contributed by atoms with Gasteiger partial charge in [0, 0.05) is 0 Å². The molecule has 0 fully saturated rings. The third-order valence-electron chi connectivity index (χ3n) is 2.34. The molecule has 0 spiro atoms. The molecule has 2 unspecified atom stereocenters. The maximum Gasteiger partial charge on any atom is 0.0930 e. The zero-order valence-corrected chi connectivity index (χ0v) is 8.45. The monoisotopic (exact) mass is 202 g/mol. The van der Waals surface area contributed by atoms with Gasteiger partial charge in [0.1, 0.15) is 0 Å². The molecule has 0 heterocycles. The Hall–Kier alpha value is -1.48. The predicted molar refractivity (Wildman–Crippen MR) is 59.4 cm³/mol. The van der Waals surface area contributed by atoms with Gasteiger partial charge in [0.2, 0.25) is 0 Å². The minimum atomic E-state index is -0.360. The molecule has 2 rings (SSSR count). The Morgan fingerprint density at radius 2 is 2.13 bits per heavy atom. The lowest BCUT2D eigenvalue weighted by Gasteiger charge is -2.08. The largest absolute Gasteiger partial charge is 0.389 e. The summed E-state index contributed by atoms with van der Waals surface area (Å²) < 4.78 is 0. The lowest BCUT2D eigenvalue weighted by molar-refractivity contribution is 0.225. The molecule has 0 aromatic heterocycles. The van der Waals surface area contributed by atoms with Crippen LogP contribution in [0.5, 0.6) is 0 Å². The number of allylic oxidation sites excluding steroid dienone is 3. The van der Waals surface area contributed by atoms with Gasteiger partial charge in [-0.25, -0.2) is 0 Å². The summed E-state index contributed by atoms with van der Waals surface area (Å²) in [7, 11) is 0. The van der Waals surface area contributed by atoms with Gasteiger partial charge in [-0.05, 0) is 18.9 Å². The summed E-state index contributed by atoms with van der Waals surface area (Å²) in [5, 5.41) is 17.6. The second-order valence-electron chi connectivity index (χ2n) is 3.62. The van der Waals surface area contributed by atoms with Crippen molar-refractivity contribution in [1.82, 2.24) is 0 Å². The Balaban J connectivity index is 1.92. The van der Waals surface area contributed by atoms with Gasteiger partial charge in [0.25, 0.3) is 0 Å². The molecule has 2 atom stereocenters. The summed E-state index contributed by atoms with van der Waals surface area (Å²) in [6.07, 6.45) is 14.8. The SMILES string of the molecule is OC1C=CC(N=NC2C=CC=CC2)=CC1. The van der Waals surface area contributed by atoms with E-state index >= 15 is 0 Å². The van der Waals surface area contributed by atoms with Crippen LogP contribution < -0.4 is 0 Å². The summed E-state index contributed by atoms with van der Waals surface area (Å²) in [6, 6.07) is 0.163. The van der Waals surface area contributed by atoms with Crippen molar-refractivity contribution >= 4 is 0 Å². The Morgan fingerprint density at radius 1 is 1.20 bits per heavy atom. The van der Waals surface area contributed by atoms with Gasteiger partial charge >= 0.3 is 0 Å². The van der Waals surface area contributed by atoms with Crippen LogP contribution in [0.15, 0.2) is 58.5 Å². The van der Waals surface area contributed by atoms with E-state index in [4.69, 9.17) is 0 Å². The normalized spacial score (nSPS) is 29.8. The van der Waals surface area contributed by atoms with Gasteiger partial charge in [0.05, 0.1) is 17.8 Å². The van der Waals surface area contributed by atoms with Crippen LogP contribution in [0.2, 0.25) is 0 Å². The number of nitrogens with zero attached hydrogens (tertiary/aromatic N) is 2. The molecule has 3 heteroatoms. The van der Waals surface area contributed by atoms with Crippen molar-refractivity contribution in [3.63, 3.8) is 0 Å². The van der Waals surface area contributed by atoms with Gasteiger partial charge in [-0.1, -0.05) is 36.5 Å². The molecule has 2 aliphatic carbocycles. The van der Waals surface area contributed by atoms with Crippen LogP contribution in [-0.2, 0) is 0 Å². The molecule has 0 aromatic carbocycles. The van der Waals surface area contributed by atoms with E-state index in [-0.39, 0.29) is 12.1 Å². The Kier molecular flexibility index (Phi) is 3.25. The van der Waals surface area contributed by atoms with Crippen LogP contribution in [0.4, 0.5) is 0 Å². The molecule has 15 heavy (non-hydrogen) atoms. The van der Waals surface area contributed by atoms with Gasteiger partial charge in [0.15, 0.2) is 0 Å². The highest BCUT2D eigenvalue weighted by molar-refractivity contribution is 5.22. The highest BCUT2D eigenvalue weighted by atomic mass is 16.3. The Morgan fingerprint density at radius 3 is 2.80 bits per heavy atom. The first-order valence-electron chi connectivity index (χ1n) is 5.15. The fraction of sp³-hybridized carbons (Fsp3) is 0.333. The standard InChI is InChI=1S/C12H14N2O/c15-12-8-6-11(7-9-12)14-13-10-4-2-1-3-5-10/h1-4,6-8,10,12,15H,5,9H2. The average Bonchev–Trinajstić information content (AvgIpc) is 2.30. The first-order valence-corrected chi connectivity index (χ1v) is 5.15. The average molecular weight is 202 g/mol. The predicted octanol–water partition coefficient (Wildman–Crippen LogP) is 2.53. The van der Waals surface area contributed by atoms with Crippen LogP contribution in [0.1, 0.15) is 12.8 Å². The molecule has 0 aromatic rings. The summed E-state index contributed by atoms with van der Waals surface area (Å²) in [6.45, 7) is 0. The Labute approximate surface area is 89.2 Å². The van der Waals surface area contributed by atoms with Crippen molar-refractivity contribution in [2.45, 2.75) is 25.0 Å². The number of aliphatic hydroxyl groups excluding tert-OH is 1. The van der Waals surface area contributed by atoms with Gasteiger partial charge in [-0.2, -0.15) is 10.2 Å². The zero-order chi connectivity index (χ0) is 10.5. The molecular weight excluding hydrogens is 188 g/mol. The zero-order valence-electron chi connectivity index (χ0n) is 8.45. The molecule has 1 N–H and O–H groups in total. The van der Waals surface area contributed by atoms with E-state index in [2.05, 4.69) is 16.3 Å². The number of azo groups is 1. The van der Waals surface area contributed by atoms with Crippen molar-refractivity contribution in [2.75, 3.05) is 0 Å². The van der Waals surface area contributed by atoms with Crippen molar-refractivity contribution in [1.29, 1.82) is 0 Å². The van der Waals surface area contributed by atoms with E-state index < -0.39 is 0 Å². The fourth-order valence-electron chi connectivity index (χ4n) is 1.47. The molecule has 0 saturated carbocycles. The highest BCUT2D eigenvalue weighted by Crippen LogP contribution is 2.14. The molecular formula is C12H14N2O. The fourth-order valence-corrected chi connectivity index (χ4v) is 1.47. The van der Waals surface area contributed by atoms with E-state index in [9.17, 15) is 5.11 Å². The van der Waals surface area contributed by atoms with Crippen LogP contribution in [0, 0.1) is 0 Å². The first kappa shape index (κ1) is 10.1. The highest BCUT2D eigenvalue weighted by Gasteiger charge is 2.05. The van der Waals surface area contributed by atoms with Gasteiger partial charge < -0.3 is 5.11 Å². The smallest absolute Gasteiger partial charge is 0.0930 e. The van der Waals surface area contributed by atoms with Gasteiger partial charge in [-0.15, -0.1) is 0 Å². The number of hydrogen-bond donors (Lipinski definition) is 1. The molecule has 2 aliphatic rings. The maximum atomic E-state index is 9.22. The van der Waals surface area contributed by atoms with E-state index in [1.807, 2.05) is 24.3 Å². The number of hydrogen-bond acceptors (Lipinski definition) is 3. The van der Waals surface area contributed by atoms with E-state index in [0.717, 1.165) is 12.1 Å². The third kappa shape index (κ3) is 2.99. The summed E-state index contributed by atoms with van der Waals surface area (Å²) >= 11 is 0. The third-order valence-corrected chi connectivity index (χ3v) is 2.34. The lowest BCUT2D eigenvalue weighted by atomic mass is 10.1.